The number of nitriles is 1. The van der Waals surface area contributed by atoms with Gasteiger partial charge in [-0.2, -0.15) is 5.26 Å². The molecule has 0 bridgehead atoms. The van der Waals surface area contributed by atoms with Gasteiger partial charge in [0.1, 0.15) is 17.9 Å². The fourth-order valence-corrected chi connectivity index (χ4v) is 2.49. The number of anilines is 1. The number of hydrogen-bond donors (Lipinski definition) is 2. The van der Waals surface area contributed by atoms with Gasteiger partial charge in [0.15, 0.2) is 0 Å². The molecule has 2 N–H and O–H groups in total. The molecule has 0 radical (unpaired) electrons. The minimum atomic E-state index is -0.927. The number of pyridine rings is 1. The molecule has 1 heterocycles. The zero-order valence-corrected chi connectivity index (χ0v) is 11.8. The van der Waals surface area contributed by atoms with Crippen molar-refractivity contribution in [2.75, 3.05) is 5.32 Å². The molecule has 106 valence electrons. The summed E-state index contributed by atoms with van der Waals surface area (Å²) in [5.41, 5.74) is 2.54. The van der Waals surface area contributed by atoms with E-state index in [0.717, 1.165) is 36.9 Å². The molecule has 1 aliphatic carbocycles. The highest BCUT2D eigenvalue weighted by molar-refractivity contribution is 5.78. The van der Waals surface area contributed by atoms with Gasteiger partial charge < -0.3 is 10.4 Å². The first-order valence-corrected chi connectivity index (χ1v) is 6.95. The zero-order chi connectivity index (χ0) is 14.7. The summed E-state index contributed by atoms with van der Waals surface area (Å²) in [5.74, 6) is -0.616. The van der Waals surface area contributed by atoms with Crippen LogP contribution in [0.25, 0.3) is 0 Å². The quantitative estimate of drug-likeness (QED) is 0.879. The number of hydrogen-bond acceptors (Lipinski definition) is 4. The van der Waals surface area contributed by atoms with E-state index in [1.54, 1.807) is 0 Å². The molecular formula is C15H19N3O2. The maximum Gasteiger partial charge on any atom is 0.326 e. The number of aryl methyl sites for hydroxylation is 2. The summed E-state index contributed by atoms with van der Waals surface area (Å²) >= 11 is 0. The summed E-state index contributed by atoms with van der Waals surface area (Å²) in [6.07, 6.45) is 4.06. The Morgan fingerprint density at radius 1 is 1.45 bits per heavy atom. The Bertz CT molecular complexity index is 561. The minimum absolute atomic E-state index is 0.0862. The van der Waals surface area contributed by atoms with Crippen LogP contribution in [0.5, 0.6) is 0 Å². The first-order chi connectivity index (χ1) is 9.52. The van der Waals surface area contributed by atoms with Crippen molar-refractivity contribution in [2.24, 2.45) is 5.92 Å². The maximum atomic E-state index is 11.3. The highest BCUT2D eigenvalue weighted by Crippen LogP contribution is 2.25. The highest BCUT2D eigenvalue weighted by atomic mass is 16.4. The van der Waals surface area contributed by atoms with Gasteiger partial charge in [0, 0.05) is 5.69 Å². The van der Waals surface area contributed by atoms with Crippen LogP contribution in [0.3, 0.4) is 0 Å². The molecule has 0 saturated heterocycles. The molecule has 0 saturated carbocycles. The molecule has 1 aromatic rings. The number of rotatable bonds is 4. The van der Waals surface area contributed by atoms with E-state index in [9.17, 15) is 15.2 Å². The molecule has 0 spiro atoms. The van der Waals surface area contributed by atoms with Crippen molar-refractivity contribution in [2.45, 2.75) is 45.6 Å². The van der Waals surface area contributed by atoms with Gasteiger partial charge >= 0.3 is 5.97 Å². The molecule has 2 rings (SSSR count). The Morgan fingerprint density at radius 2 is 2.15 bits per heavy atom. The number of carboxylic acids is 1. The van der Waals surface area contributed by atoms with Crippen molar-refractivity contribution in [1.82, 2.24) is 4.98 Å². The van der Waals surface area contributed by atoms with Crippen molar-refractivity contribution < 1.29 is 9.90 Å². The Hall–Kier alpha value is -2.09. The molecule has 1 aromatic heterocycles. The first-order valence-electron chi connectivity index (χ1n) is 6.95. The number of aromatic nitrogens is 1. The Balaban J connectivity index is 2.35. The van der Waals surface area contributed by atoms with Crippen LogP contribution >= 0.6 is 0 Å². The van der Waals surface area contributed by atoms with Gasteiger partial charge in [0.05, 0.1) is 5.56 Å². The van der Waals surface area contributed by atoms with Crippen molar-refractivity contribution >= 4 is 11.8 Å². The summed E-state index contributed by atoms with van der Waals surface area (Å²) in [7, 11) is 0. The zero-order valence-electron chi connectivity index (χ0n) is 11.8. The van der Waals surface area contributed by atoms with Gasteiger partial charge in [0.2, 0.25) is 0 Å². The second-order valence-electron chi connectivity index (χ2n) is 5.51. The molecule has 1 unspecified atom stereocenters. The third kappa shape index (κ3) is 2.90. The van der Waals surface area contributed by atoms with Gasteiger partial charge in [0.25, 0.3) is 0 Å². The predicted octanol–water partition coefficient (Wildman–Crippen LogP) is 2.35. The average molecular weight is 273 g/mol. The predicted molar refractivity (Wildman–Crippen MR) is 75.5 cm³/mol. The number of nitrogens with zero attached hydrogens (tertiary/aromatic N) is 2. The highest BCUT2D eigenvalue weighted by Gasteiger charge is 2.24. The summed E-state index contributed by atoms with van der Waals surface area (Å²) in [5, 5.41) is 21.4. The van der Waals surface area contributed by atoms with Gasteiger partial charge in [-0.05, 0) is 43.2 Å². The number of aliphatic carboxylic acids is 1. The lowest BCUT2D eigenvalue weighted by Gasteiger charge is -2.22. The molecule has 20 heavy (non-hydrogen) atoms. The smallest absolute Gasteiger partial charge is 0.326 e. The van der Waals surface area contributed by atoms with Crippen LogP contribution < -0.4 is 5.32 Å². The standard InChI is InChI=1S/C15H19N3O2/c1-9(2)13(15(19)20)18-14-11(8-16)7-10-5-3-4-6-12(10)17-14/h7,9,13H,3-6H2,1-2H3,(H,17,18)(H,19,20). The molecule has 1 atom stereocenters. The van der Waals surface area contributed by atoms with E-state index in [-0.39, 0.29) is 5.92 Å². The summed E-state index contributed by atoms with van der Waals surface area (Å²) < 4.78 is 0. The van der Waals surface area contributed by atoms with Crippen LogP contribution in [-0.4, -0.2) is 22.1 Å². The SMILES string of the molecule is CC(C)C(Nc1nc2c(cc1C#N)CCCC2)C(=O)O. The number of fused-ring (bicyclic) bond motifs is 1. The summed E-state index contributed by atoms with van der Waals surface area (Å²) in [4.78, 5) is 15.8. The fourth-order valence-electron chi connectivity index (χ4n) is 2.49. The fraction of sp³-hybridized carbons (Fsp3) is 0.533. The van der Waals surface area contributed by atoms with E-state index < -0.39 is 12.0 Å². The molecule has 0 aliphatic heterocycles. The number of nitrogens with one attached hydrogen (secondary N) is 1. The van der Waals surface area contributed by atoms with E-state index in [1.165, 1.54) is 0 Å². The lowest BCUT2D eigenvalue weighted by Crippen LogP contribution is -2.35. The third-order valence-electron chi connectivity index (χ3n) is 3.65. The number of carboxylic acid groups (broad SMARTS) is 1. The largest absolute Gasteiger partial charge is 0.480 e. The van der Waals surface area contributed by atoms with Crippen LogP contribution in [0.1, 0.15) is 43.5 Å². The van der Waals surface area contributed by atoms with Crippen LogP contribution in [0.2, 0.25) is 0 Å². The second kappa shape index (κ2) is 5.91. The second-order valence-corrected chi connectivity index (χ2v) is 5.51. The van der Waals surface area contributed by atoms with Gasteiger partial charge in [-0.25, -0.2) is 9.78 Å². The average Bonchev–Trinajstić information content (AvgIpc) is 2.42. The van der Waals surface area contributed by atoms with Crippen molar-refractivity contribution in [3.8, 4) is 6.07 Å². The van der Waals surface area contributed by atoms with E-state index >= 15 is 0 Å². The number of carbonyl (C=O) groups is 1. The van der Waals surface area contributed by atoms with Crippen molar-refractivity contribution in [1.29, 1.82) is 5.26 Å². The van der Waals surface area contributed by atoms with Gasteiger partial charge in [-0.1, -0.05) is 13.8 Å². The molecule has 0 fully saturated rings. The minimum Gasteiger partial charge on any atom is -0.480 e. The molecular weight excluding hydrogens is 254 g/mol. The molecule has 0 aromatic carbocycles. The lowest BCUT2D eigenvalue weighted by atomic mass is 9.94. The Kier molecular flexibility index (Phi) is 4.23. The molecule has 5 nitrogen and oxygen atoms in total. The third-order valence-corrected chi connectivity index (χ3v) is 3.65. The maximum absolute atomic E-state index is 11.3. The van der Waals surface area contributed by atoms with Crippen LogP contribution in [0.15, 0.2) is 6.07 Å². The van der Waals surface area contributed by atoms with Crippen molar-refractivity contribution in [3.05, 3.63) is 22.9 Å². The van der Waals surface area contributed by atoms with Crippen LogP contribution in [-0.2, 0) is 17.6 Å². The monoisotopic (exact) mass is 273 g/mol. The summed E-state index contributed by atoms with van der Waals surface area (Å²) in [6.45, 7) is 3.66. The van der Waals surface area contributed by atoms with E-state index in [1.807, 2.05) is 19.9 Å². The lowest BCUT2D eigenvalue weighted by molar-refractivity contribution is -0.138. The van der Waals surface area contributed by atoms with Crippen LogP contribution in [0.4, 0.5) is 5.82 Å². The van der Waals surface area contributed by atoms with Crippen LogP contribution in [0, 0.1) is 17.2 Å². The Labute approximate surface area is 118 Å². The van der Waals surface area contributed by atoms with E-state index in [4.69, 9.17) is 0 Å². The normalized spacial score (nSPS) is 15.3. The molecule has 1 aliphatic rings. The summed E-state index contributed by atoms with van der Waals surface area (Å²) in [6, 6.07) is 3.22. The topological polar surface area (TPSA) is 86.0 Å². The molecule has 0 amide bonds. The molecule has 5 heteroatoms. The van der Waals surface area contributed by atoms with Gasteiger partial charge in [-0.15, -0.1) is 0 Å². The van der Waals surface area contributed by atoms with E-state index in [0.29, 0.717) is 11.4 Å². The van der Waals surface area contributed by atoms with Crippen molar-refractivity contribution in [3.63, 3.8) is 0 Å². The van der Waals surface area contributed by atoms with Gasteiger partial charge in [-0.3, -0.25) is 0 Å². The Morgan fingerprint density at radius 3 is 2.75 bits per heavy atom. The first kappa shape index (κ1) is 14.3. The van der Waals surface area contributed by atoms with E-state index in [2.05, 4.69) is 16.4 Å².